The SMILES string of the molecule is O=C(COc1ccccc1[N+](=O)[O-])NCc1ccccc1CN1CCCCC1. The number of ether oxygens (including phenoxy) is 1. The Bertz CT molecular complexity index is 819. The van der Waals surface area contributed by atoms with Crippen LogP contribution in [0.2, 0.25) is 0 Å². The zero-order valence-corrected chi connectivity index (χ0v) is 15.8. The monoisotopic (exact) mass is 383 g/mol. The van der Waals surface area contributed by atoms with Crippen LogP contribution in [0.4, 0.5) is 5.69 Å². The van der Waals surface area contributed by atoms with Gasteiger partial charge in [0.25, 0.3) is 5.91 Å². The Kier molecular flexibility index (Phi) is 6.97. The van der Waals surface area contributed by atoms with Gasteiger partial charge in [0, 0.05) is 19.2 Å². The fourth-order valence-electron chi connectivity index (χ4n) is 3.36. The lowest BCUT2D eigenvalue weighted by Crippen LogP contribution is -2.31. The molecule has 1 N–H and O–H groups in total. The van der Waals surface area contributed by atoms with Gasteiger partial charge in [-0.1, -0.05) is 42.8 Å². The van der Waals surface area contributed by atoms with Crippen molar-refractivity contribution in [3.63, 3.8) is 0 Å². The van der Waals surface area contributed by atoms with Crippen LogP contribution in [0.1, 0.15) is 30.4 Å². The number of amides is 1. The van der Waals surface area contributed by atoms with E-state index in [1.807, 2.05) is 18.2 Å². The molecule has 148 valence electrons. The molecule has 0 bridgehead atoms. The number of carbonyl (C=O) groups is 1. The molecule has 2 aromatic rings. The van der Waals surface area contributed by atoms with E-state index in [0.29, 0.717) is 6.54 Å². The van der Waals surface area contributed by atoms with Crippen LogP contribution >= 0.6 is 0 Å². The molecule has 1 heterocycles. The van der Waals surface area contributed by atoms with Crippen molar-refractivity contribution in [2.24, 2.45) is 0 Å². The molecular weight excluding hydrogens is 358 g/mol. The van der Waals surface area contributed by atoms with Crippen LogP contribution in [0.5, 0.6) is 5.75 Å². The summed E-state index contributed by atoms with van der Waals surface area (Å²) in [4.78, 5) is 25.1. The van der Waals surface area contributed by atoms with Crippen molar-refractivity contribution in [2.45, 2.75) is 32.4 Å². The number of rotatable bonds is 8. The molecule has 0 radical (unpaired) electrons. The van der Waals surface area contributed by atoms with Crippen LogP contribution in [-0.4, -0.2) is 35.4 Å². The average Bonchev–Trinajstić information content (AvgIpc) is 2.72. The van der Waals surface area contributed by atoms with E-state index >= 15 is 0 Å². The largest absolute Gasteiger partial charge is 0.477 e. The maximum absolute atomic E-state index is 12.2. The third-order valence-corrected chi connectivity index (χ3v) is 4.86. The fraction of sp³-hybridized carbons (Fsp3) is 0.381. The minimum absolute atomic E-state index is 0.0909. The first-order chi connectivity index (χ1) is 13.6. The molecule has 0 aliphatic carbocycles. The number of benzene rings is 2. The van der Waals surface area contributed by atoms with Crippen molar-refractivity contribution >= 4 is 11.6 Å². The summed E-state index contributed by atoms with van der Waals surface area (Å²) in [6.45, 7) is 3.26. The lowest BCUT2D eigenvalue weighted by Gasteiger charge is -2.27. The molecule has 1 aliphatic rings. The highest BCUT2D eigenvalue weighted by Crippen LogP contribution is 2.25. The summed E-state index contributed by atoms with van der Waals surface area (Å²) in [6.07, 6.45) is 3.78. The molecule has 1 aliphatic heterocycles. The van der Waals surface area contributed by atoms with E-state index in [2.05, 4.69) is 16.3 Å². The Morgan fingerprint density at radius 1 is 1.04 bits per heavy atom. The van der Waals surface area contributed by atoms with Gasteiger partial charge >= 0.3 is 5.69 Å². The molecule has 1 saturated heterocycles. The van der Waals surface area contributed by atoms with Crippen LogP contribution in [-0.2, 0) is 17.9 Å². The van der Waals surface area contributed by atoms with Gasteiger partial charge in [0.1, 0.15) is 0 Å². The van der Waals surface area contributed by atoms with Crippen LogP contribution in [0.3, 0.4) is 0 Å². The van der Waals surface area contributed by atoms with Gasteiger partial charge in [0.2, 0.25) is 0 Å². The van der Waals surface area contributed by atoms with Gasteiger partial charge in [-0.25, -0.2) is 0 Å². The van der Waals surface area contributed by atoms with E-state index in [-0.39, 0.29) is 24.0 Å². The van der Waals surface area contributed by atoms with Crippen LogP contribution in [0.25, 0.3) is 0 Å². The van der Waals surface area contributed by atoms with Crippen LogP contribution in [0, 0.1) is 10.1 Å². The van der Waals surface area contributed by atoms with Crippen molar-refractivity contribution in [1.29, 1.82) is 0 Å². The number of nitrogens with one attached hydrogen (secondary N) is 1. The summed E-state index contributed by atoms with van der Waals surface area (Å²) in [6, 6.07) is 14.1. The number of nitro benzene ring substituents is 1. The number of nitrogens with zero attached hydrogens (tertiary/aromatic N) is 2. The molecule has 3 rings (SSSR count). The molecule has 28 heavy (non-hydrogen) atoms. The Balaban J connectivity index is 1.53. The second kappa shape index (κ2) is 9.85. The third-order valence-electron chi connectivity index (χ3n) is 4.86. The van der Waals surface area contributed by atoms with Crippen molar-refractivity contribution < 1.29 is 14.5 Å². The van der Waals surface area contributed by atoms with Crippen molar-refractivity contribution in [3.8, 4) is 5.75 Å². The van der Waals surface area contributed by atoms with E-state index < -0.39 is 4.92 Å². The van der Waals surface area contributed by atoms with E-state index in [4.69, 9.17) is 4.74 Å². The zero-order chi connectivity index (χ0) is 19.8. The second-order valence-corrected chi connectivity index (χ2v) is 6.90. The maximum Gasteiger partial charge on any atom is 0.310 e. The summed E-state index contributed by atoms with van der Waals surface area (Å²) in [7, 11) is 0. The molecular formula is C21H25N3O4. The summed E-state index contributed by atoms with van der Waals surface area (Å²) >= 11 is 0. The average molecular weight is 383 g/mol. The first-order valence-electron chi connectivity index (χ1n) is 9.55. The Hall–Kier alpha value is -2.93. The molecule has 0 spiro atoms. The van der Waals surface area contributed by atoms with E-state index in [1.54, 1.807) is 12.1 Å². The highest BCUT2D eigenvalue weighted by Gasteiger charge is 2.16. The van der Waals surface area contributed by atoms with Crippen molar-refractivity contribution in [3.05, 3.63) is 69.8 Å². The van der Waals surface area contributed by atoms with Gasteiger partial charge in [0.05, 0.1) is 4.92 Å². The normalized spacial score (nSPS) is 14.4. The quantitative estimate of drug-likeness (QED) is 0.559. The predicted molar refractivity (Wildman–Crippen MR) is 106 cm³/mol. The number of para-hydroxylation sites is 2. The molecule has 7 heteroatoms. The molecule has 2 aromatic carbocycles. The van der Waals surface area contributed by atoms with E-state index in [0.717, 1.165) is 25.2 Å². The Morgan fingerprint density at radius 2 is 1.71 bits per heavy atom. The van der Waals surface area contributed by atoms with Crippen LogP contribution < -0.4 is 10.1 Å². The van der Waals surface area contributed by atoms with E-state index in [9.17, 15) is 14.9 Å². The molecule has 0 atom stereocenters. The molecule has 1 amide bonds. The lowest BCUT2D eigenvalue weighted by atomic mass is 10.0. The third kappa shape index (κ3) is 5.53. The molecule has 0 unspecified atom stereocenters. The maximum atomic E-state index is 12.2. The standard InChI is InChI=1S/C21H25N3O4/c25-21(16-28-20-11-5-4-10-19(20)24(26)27)22-14-17-8-2-3-9-18(17)15-23-12-6-1-7-13-23/h2-5,8-11H,1,6-7,12-16H2,(H,22,25). The number of nitro groups is 1. The van der Waals surface area contributed by atoms with Gasteiger partial charge in [0.15, 0.2) is 12.4 Å². The number of likely N-dealkylation sites (tertiary alicyclic amines) is 1. The lowest BCUT2D eigenvalue weighted by molar-refractivity contribution is -0.385. The highest BCUT2D eigenvalue weighted by atomic mass is 16.6. The van der Waals surface area contributed by atoms with Gasteiger partial charge in [-0.3, -0.25) is 19.8 Å². The molecule has 0 aromatic heterocycles. The predicted octanol–water partition coefficient (Wildman–Crippen LogP) is 3.28. The van der Waals surface area contributed by atoms with E-state index in [1.165, 1.54) is 37.0 Å². The van der Waals surface area contributed by atoms with Crippen LogP contribution in [0.15, 0.2) is 48.5 Å². The van der Waals surface area contributed by atoms with Gasteiger partial charge < -0.3 is 10.1 Å². The summed E-state index contributed by atoms with van der Waals surface area (Å²) in [5, 5.41) is 13.8. The highest BCUT2D eigenvalue weighted by molar-refractivity contribution is 5.77. The first kappa shape index (κ1) is 19.8. The fourth-order valence-corrected chi connectivity index (χ4v) is 3.36. The second-order valence-electron chi connectivity index (χ2n) is 6.90. The Morgan fingerprint density at radius 3 is 2.46 bits per heavy atom. The van der Waals surface area contributed by atoms with Gasteiger partial charge in [-0.2, -0.15) is 0 Å². The smallest absolute Gasteiger partial charge is 0.310 e. The van der Waals surface area contributed by atoms with Crippen molar-refractivity contribution in [1.82, 2.24) is 10.2 Å². The minimum atomic E-state index is -0.524. The van der Waals surface area contributed by atoms with Gasteiger partial charge in [-0.05, 0) is 43.1 Å². The zero-order valence-electron chi connectivity index (χ0n) is 15.8. The van der Waals surface area contributed by atoms with Gasteiger partial charge in [-0.15, -0.1) is 0 Å². The first-order valence-corrected chi connectivity index (χ1v) is 9.55. The number of hydrogen-bond donors (Lipinski definition) is 1. The summed E-state index contributed by atoms with van der Waals surface area (Å²) in [5.41, 5.74) is 2.14. The Labute approximate surface area is 164 Å². The number of carbonyl (C=O) groups excluding carboxylic acids is 1. The molecule has 7 nitrogen and oxygen atoms in total. The summed E-state index contributed by atoms with van der Waals surface area (Å²) < 4.78 is 5.34. The topological polar surface area (TPSA) is 84.7 Å². The molecule has 0 saturated carbocycles. The van der Waals surface area contributed by atoms with Crippen molar-refractivity contribution in [2.75, 3.05) is 19.7 Å². The number of piperidine rings is 1. The number of hydrogen-bond acceptors (Lipinski definition) is 5. The minimum Gasteiger partial charge on any atom is -0.477 e. The summed E-state index contributed by atoms with van der Waals surface area (Å²) in [5.74, 6) is -0.223. The molecule has 1 fully saturated rings.